The van der Waals surface area contributed by atoms with E-state index in [0.29, 0.717) is 18.3 Å². The number of rotatable bonds is 5. The van der Waals surface area contributed by atoms with Crippen LogP contribution in [-0.4, -0.2) is 29.4 Å². The van der Waals surface area contributed by atoms with E-state index in [-0.39, 0.29) is 28.4 Å². The maximum Gasteiger partial charge on any atom is 0.288 e. The number of thioether (sulfide) groups is 1. The topological polar surface area (TPSA) is 49.3 Å². The van der Waals surface area contributed by atoms with E-state index in [1.54, 1.807) is 12.1 Å². The third-order valence-electron chi connectivity index (χ3n) is 3.49. The van der Waals surface area contributed by atoms with Crippen molar-refractivity contribution in [2.75, 3.05) is 6.54 Å². The minimum atomic E-state index is -2.55. The summed E-state index contributed by atoms with van der Waals surface area (Å²) in [6.07, 6.45) is 2.23. The lowest BCUT2D eigenvalue weighted by Crippen LogP contribution is -2.32. The number of amides is 1. The van der Waals surface area contributed by atoms with Gasteiger partial charge in [-0.2, -0.15) is 8.78 Å². The molecule has 0 aliphatic heterocycles. The second-order valence-electron chi connectivity index (χ2n) is 4.84. The van der Waals surface area contributed by atoms with Crippen molar-refractivity contribution in [1.29, 1.82) is 0 Å². The van der Waals surface area contributed by atoms with Crippen molar-refractivity contribution in [2.24, 2.45) is 5.92 Å². The van der Waals surface area contributed by atoms with Crippen LogP contribution in [0.5, 0.6) is 0 Å². The highest BCUT2D eigenvalue weighted by molar-refractivity contribution is 7.99. The number of aliphatic hydroxyl groups is 1. The average molecular weight is 301 g/mol. The van der Waals surface area contributed by atoms with Crippen LogP contribution in [-0.2, 0) is 0 Å². The molecule has 1 fully saturated rings. The second-order valence-corrected chi connectivity index (χ2v) is 5.87. The van der Waals surface area contributed by atoms with E-state index in [1.165, 1.54) is 12.1 Å². The number of hydrogen-bond acceptors (Lipinski definition) is 3. The molecule has 6 heteroatoms. The predicted molar refractivity (Wildman–Crippen MR) is 74.0 cm³/mol. The van der Waals surface area contributed by atoms with Gasteiger partial charge in [0.1, 0.15) is 0 Å². The summed E-state index contributed by atoms with van der Waals surface area (Å²) in [7, 11) is 0. The summed E-state index contributed by atoms with van der Waals surface area (Å²) in [5.74, 6) is -2.86. The molecule has 2 atom stereocenters. The van der Waals surface area contributed by atoms with Gasteiger partial charge in [0.25, 0.3) is 11.7 Å². The summed E-state index contributed by atoms with van der Waals surface area (Å²) in [5, 5.41) is 12.4. The molecule has 1 aliphatic carbocycles. The number of carbonyl (C=O) groups excluding carboxylic acids is 1. The molecule has 1 aromatic rings. The zero-order valence-corrected chi connectivity index (χ0v) is 11.7. The molecular formula is C14H17F2NO2S. The van der Waals surface area contributed by atoms with Crippen LogP contribution in [0.3, 0.4) is 0 Å². The first kappa shape index (κ1) is 15.3. The van der Waals surface area contributed by atoms with Crippen LogP contribution in [0.25, 0.3) is 0 Å². The first-order chi connectivity index (χ1) is 9.58. The van der Waals surface area contributed by atoms with Crippen LogP contribution in [0.2, 0.25) is 0 Å². The van der Waals surface area contributed by atoms with Crippen molar-refractivity contribution in [2.45, 2.75) is 36.0 Å². The minimum absolute atomic E-state index is 0.0638. The number of hydrogen-bond donors (Lipinski definition) is 2. The molecule has 2 N–H and O–H groups in total. The lowest BCUT2D eigenvalue weighted by Gasteiger charge is -2.16. The minimum Gasteiger partial charge on any atom is -0.393 e. The first-order valence-electron chi connectivity index (χ1n) is 6.58. The molecule has 20 heavy (non-hydrogen) atoms. The number of nitrogens with one attached hydrogen (secondary N) is 1. The van der Waals surface area contributed by atoms with Gasteiger partial charge in [-0.25, -0.2) is 0 Å². The number of carbonyl (C=O) groups is 1. The normalized spacial score (nSPS) is 22.2. The maximum absolute atomic E-state index is 12.4. The van der Waals surface area contributed by atoms with Gasteiger partial charge in [-0.1, -0.05) is 30.3 Å². The van der Waals surface area contributed by atoms with Crippen LogP contribution in [0.4, 0.5) is 8.78 Å². The van der Waals surface area contributed by atoms with Gasteiger partial charge in [0.15, 0.2) is 0 Å². The third-order valence-corrected chi connectivity index (χ3v) is 4.28. The molecule has 3 nitrogen and oxygen atoms in total. The van der Waals surface area contributed by atoms with E-state index in [0.717, 1.165) is 19.3 Å². The largest absolute Gasteiger partial charge is 0.393 e. The van der Waals surface area contributed by atoms with E-state index in [1.807, 2.05) is 0 Å². The molecule has 0 spiro atoms. The van der Waals surface area contributed by atoms with Gasteiger partial charge in [-0.05, 0) is 25.0 Å². The zero-order chi connectivity index (χ0) is 14.5. The van der Waals surface area contributed by atoms with E-state index < -0.39 is 5.76 Å². The molecule has 1 amide bonds. The molecular weight excluding hydrogens is 284 g/mol. The molecule has 0 saturated heterocycles. The quantitative estimate of drug-likeness (QED) is 0.822. The fraction of sp³-hybridized carbons (Fsp3) is 0.500. The Bertz CT molecular complexity index is 470. The van der Waals surface area contributed by atoms with Gasteiger partial charge in [0.05, 0.1) is 11.7 Å². The first-order valence-corrected chi connectivity index (χ1v) is 7.46. The SMILES string of the molecule is O=C(NCC1CCCC1O)c1ccccc1SC(F)F. The zero-order valence-electron chi connectivity index (χ0n) is 10.9. The molecule has 0 aromatic heterocycles. The highest BCUT2D eigenvalue weighted by Crippen LogP contribution is 2.29. The Morgan fingerprint density at radius 2 is 2.15 bits per heavy atom. The molecule has 1 aromatic carbocycles. The van der Waals surface area contributed by atoms with Crippen molar-refractivity contribution in [3.63, 3.8) is 0 Å². The van der Waals surface area contributed by atoms with Crippen molar-refractivity contribution in [1.82, 2.24) is 5.32 Å². The Kier molecular flexibility index (Phi) is 5.37. The lowest BCUT2D eigenvalue weighted by atomic mass is 10.1. The summed E-state index contributed by atoms with van der Waals surface area (Å²) in [4.78, 5) is 12.3. The lowest BCUT2D eigenvalue weighted by molar-refractivity contribution is 0.0914. The highest BCUT2D eigenvalue weighted by atomic mass is 32.2. The number of aliphatic hydroxyl groups excluding tert-OH is 1. The molecule has 2 unspecified atom stereocenters. The molecule has 2 rings (SSSR count). The van der Waals surface area contributed by atoms with Crippen LogP contribution < -0.4 is 5.32 Å². The second kappa shape index (κ2) is 7.04. The highest BCUT2D eigenvalue weighted by Gasteiger charge is 2.25. The Labute approximate surface area is 120 Å². The number of halogens is 2. The Hall–Kier alpha value is -1.14. The van der Waals surface area contributed by atoms with Crippen LogP contribution in [0.1, 0.15) is 29.6 Å². The molecule has 110 valence electrons. The van der Waals surface area contributed by atoms with Crippen molar-refractivity contribution < 1.29 is 18.7 Å². The maximum atomic E-state index is 12.4. The van der Waals surface area contributed by atoms with Crippen molar-refractivity contribution >= 4 is 17.7 Å². The van der Waals surface area contributed by atoms with Crippen LogP contribution in [0.15, 0.2) is 29.2 Å². The van der Waals surface area contributed by atoms with Crippen molar-refractivity contribution in [3.8, 4) is 0 Å². The summed E-state index contributed by atoms with van der Waals surface area (Å²) in [5.41, 5.74) is 0.255. The number of benzene rings is 1. The average Bonchev–Trinajstić information content (AvgIpc) is 2.81. The summed E-state index contributed by atoms with van der Waals surface area (Å²) in [6.45, 7) is 0.383. The van der Waals surface area contributed by atoms with Gasteiger partial charge < -0.3 is 10.4 Å². The van der Waals surface area contributed by atoms with Gasteiger partial charge in [0, 0.05) is 17.4 Å². The number of alkyl halides is 2. The van der Waals surface area contributed by atoms with E-state index in [4.69, 9.17) is 0 Å². The summed E-state index contributed by atoms with van der Waals surface area (Å²) < 4.78 is 24.9. The Balaban J connectivity index is 1.98. The summed E-state index contributed by atoms with van der Waals surface area (Å²) in [6, 6.07) is 6.32. The van der Waals surface area contributed by atoms with Gasteiger partial charge in [-0.15, -0.1) is 0 Å². The van der Waals surface area contributed by atoms with Crippen LogP contribution in [0, 0.1) is 5.92 Å². The fourth-order valence-electron chi connectivity index (χ4n) is 2.43. The van der Waals surface area contributed by atoms with E-state index >= 15 is 0 Å². The van der Waals surface area contributed by atoms with Gasteiger partial charge >= 0.3 is 0 Å². The molecule has 1 aliphatic rings. The predicted octanol–water partition coefficient (Wildman–Crippen LogP) is 2.89. The third kappa shape index (κ3) is 3.93. The summed E-state index contributed by atoms with van der Waals surface area (Å²) >= 11 is 0.368. The van der Waals surface area contributed by atoms with Gasteiger partial charge in [-0.3, -0.25) is 4.79 Å². The van der Waals surface area contributed by atoms with Crippen molar-refractivity contribution in [3.05, 3.63) is 29.8 Å². The monoisotopic (exact) mass is 301 g/mol. The molecule has 0 heterocycles. The van der Waals surface area contributed by atoms with E-state index in [2.05, 4.69) is 5.32 Å². The molecule has 1 saturated carbocycles. The molecule has 0 radical (unpaired) electrons. The Morgan fingerprint density at radius 3 is 2.80 bits per heavy atom. The standard InChI is InChI=1S/C14H17F2NO2S/c15-14(16)20-12-7-2-1-5-10(12)13(19)17-8-9-4-3-6-11(9)18/h1-2,5,7,9,11,14,18H,3-4,6,8H2,(H,17,19). The molecule has 0 bridgehead atoms. The smallest absolute Gasteiger partial charge is 0.288 e. The van der Waals surface area contributed by atoms with Gasteiger partial charge in [0.2, 0.25) is 0 Å². The van der Waals surface area contributed by atoms with Crippen LogP contribution >= 0.6 is 11.8 Å². The fourth-order valence-corrected chi connectivity index (χ4v) is 3.06. The Morgan fingerprint density at radius 1 is 1.40 bits per heavy atom. The van der Waals surface area contributed by atoms with E-state index in [9.17, 15) is 18.7 Å².